The summed E-state index contributed by atoms with van der Waals surface area (Å²) in [6, 6.07) is 0. The van der Waals surface area contributed by atoms with Gasteiger partial charge in [0.25, 0.3) is 5.95 Å². The smallest absolute Gasteiger partial charge is 0.258 e. The van der Waals surface area contributed by atoms with Crippen molar-refractivity contribution in [2.45, 2.75) is 13.5 Å². The third-order valence-electron chi connectivity index (χ3n) is 2.44. The van der Waals surface area contributed by atoms with Crippen molar-refractivity contribution in [3.05, 3.63) is 28.7 Å². The first kappa shape index (κ1) is 13.3. The number of hydrazine groups is 1. The summed E-state index contributed by atoms with van der Waals surface area (Å²) in [5.41, 5.74) is 3.38. The summed E-state index contributed by atoms with van der Waals surface area (Å²) in [6.45, 7) is 2.46. The average molecular weight is 304 g/mol. The Balaban J connectivity index is 1.82. The molecule has 11 heteroatoms. The van der Waals surface area contributed by atoms with E-state index in [4.69, 9.17) is 5.84 Å². The number of aryl methyl sites for hydroxylation is 1. The van der Waals surface area contributed by atoms with Gasteiger partial charge in [0.2, 0.25) is 11.9 Å². The number of thiazole rings is 1. The van der Waals surface area contributed by atoms with Crippen molar-refractivity contribution in [2.24, 2.45) is 5.84 Å². The summed E-state index contributed by atoms with van der Waals surface area (Å²) in [4.78, 5) is 20.7. The van der Waals surface area contributed by atoms with Crippen molar-refractivity contribution in [3.63, 3.8) is 0 Å². The maximum atomic E-state index is 5.37. The number of nitrogens with one attached hydrogen (secondary N) is 2. The molecule has 0 aromatic carbocycles. The molecule has 0 aliphatic rings. The third-order valence-corrected chi connectivity index (χ3v) is 3.41. The Morgan fingerprint density at radius 3 is 2.76 bits per heavy atom. The SMILES string of the molecule is Cc1csc(CNc2nc(NN)nc(-n3cncn3)n2)n1. The molecule has 0 saturated carbocycles. The van der Waals surface area contributed by atoms with Gasteiger partial charge in [-0.25, -0.2) is 15.8 Å². The van der Waals surface area contributed by atoms with Crippen molar-refractivity contribution >= 4 is 23.2 Å². The van der Waals surface area contributed by atoms with E-state index in [2.05, 4.69) is 40.8 Å². The van der Waals surface area contributed by atoms with Crippen molar-refractivity contribution < 1.29 is 0 Å². The fourth-order valence-electron chi connectivity index (χ4n) is 1.56. The topological polar surface area (TPSA) is 132 Å². The Bertz CT molecular complexity index is 721. The lowest BCUT2D eigenvalue weighted by molar-refractivity contribution is 0.794. The summed E-state index contributed by atoms with van der Waals surface area (Å²) in [7, 11) is 0. The van der Waals surface area contributed by atoms with Crippen LogP contribution in [0.4, 0.5) is 11.9 Å². The second kappa shape index (κ2) is 5.76. The minimum Gasteiger partial charge on any atom is -0.348 e. The molecule has 3 heterocycles. The predicted molar refractivity (Wildman–Crippen MR) is 76.7 cm³/mol. The quantitative estimate of drug-likeness (QED) is 0.444. The Morgan fingerprint density at radius 2 is 2.10 bits per heavy atom. The second-order valence-electron chi connectivity index (χ2n) is 4.00. The Hall–Kier alpha value is -2.66. The third kappa shape index (κ3) is 3.09. The molecule has 0 radical (unpaired) electrons. The molecule has 0 saturated heterocycles. The van der Waals surface area contributed by atoms with Crippen LogP contribution in [0.25, 0.3) is 5.95 Å². The van der Waals surface area contributed by atoms with Gasteiger partial charge in [-0.05, 0) is 6.92 Å². The lowest BCUT2D eigenvalue weighted by atomic mass is 10.6. The van der Waals surface area contributed by atoms with Gasteiger partial charge in [-0.1, -0.05) is 0 Å². The Morgan fingerprint density at radius 1 is 1.24 bits per heavy atom. The monoisotopic (exact) mass is 304 g/mol. The summed E-state index contributed by atoms with van der Waals surface area (Å²) in [5, 5.41) is 9.98. The standard InChI is InChI=1S/C10H12N10S/c1-6-3-21-7(15-6)2-13-8-16-9(19-11)18-10(17-8)20-5-12-4-14-20/h3-5H,2,11H2,1H3,(H2,13,16,17,18,19). The number of hydrogen-bond donors (Lipinski definition) is 3. The maximum absolute atomic E-state index is 5.37. The van der Waals surface area contributed by atoms with E-state index in [9.17, 15) is 0 Å². The average Bonchev–Trinajstić information content (AvgIpc) is 3.16. The fourth-order valence-corrected chi connectivity index (χ4v) is 2.27. The van der Waals surface area contributed by atoms with Gasteiger partial charge in [-0.2, -0.15) is 24.7 Å². The first-order valence-corrected chi connectivity index (χ1v) is 6.85. The van der Waals surface area contributed by atoms with Crippen LogP contribution in [0.5, 0.6) is 0 Å². The van der Waals surface area contributed by atoms with Crippen LogP contribution in [-0.4, -0.2) is 34.7 Å². The van der Waals surface area contributed by atoms with E-state index >= 15 is 0 Å². The normalized spacial score (nSPS) is 10.6. The lowest BCUT2D eigenvalue weighted by Crippen LogP contribution is -2.16. The van der Waals surface area contributed by atoms with E-state index in [0.29, 0.717) is 18.4 Å². The van der Waals surface area contributed by atoms with Crippen LogP contribution >= 0.6 is 11.3 Å². The van der Waals surface area contributed by atoms with Crippen LogP contribution in [0, 0.1) is 6.92 Å². The van der Waals surface area contributed by atoms with E-state index in [1.165, 1.54) is 17.3 Å². The molecular formula is C10H12N10S. The number of hydrogen-bond acceptors (Lipinski definition) is 10. The molecule has 0 fully saturated rings. The van der Waals surface area contributed by atoms with Crippen LogP contribution in [0.1, 0.15) is 10.7 Å². The zero-order valence-electron chi connectivity index (χ0n) is 11.1. The molecule has 0 amide bonds. The Labute approximate surface area is 123 Å². The molecule has 3 aromatic rings. The predicted octanol–water partition coefficient (Wildman–Crippen LogP) is 0.115. The number of nitrogens with two attached hydrogens (primary N) is 1. The molecule has 0 spiro atoms. The number of nitrogen functional groups attached to an aromatic ring is 1. The van der Waals surface area contributed by atoms with E-state index in [1.54, 1.807) is 11.3 Å². The highest BCUT2D eigenvalue weighted by molar-refractivity contribution is 7.09. The zero-order chi connectivity index (χ0) is 14.7. The van der Waals surface area contributed by atoms with Gasteiger partial charge in [-0.15, -0.1) is 11.3 Å². The first-order valence-electron chi connectivity index (χ1n) is 5.97. The van der Waals surface area contributed by atoms with E-state index in [1.807, 2.05) is 12.3 Å². The molecule has 108 valence electrons. The Kier molecular flexibility index (Phi) is 3.66. The van der Waals surface area contributed by atoms with E-state index in [0.717, 1.165) is 10.7 Å². The molecule has 0 aliphatic heterocycles. The highest BCUT2D eigenvalue weighted by Gasteiger charge is 2.08. The molecule has 0 bridgehead atoms. The van der Waals surface area contributed by atoms with E-state index < -0.39 is 0 Å². The highest BCUT2D eigenvalue weighted by atomic mass is 32.1. The largest absolute Gasteiger partial charge is 0.348 e. The molecule has 10 nitrogen and oxygen atoms in total. The number of rotatable bonds is 5. The van der Waals surface area contributed by atoms with Crippen LogP contribution in [-0.2, 0) is 6.54 Å². The van der Waals surface area contributed by atoms with Gasteiger partial charge < -0.3 is 5.32 Å². The van der Waals surface area contributed by atoms with Gasteiger partial charge in [-0.3, -0.25) is 5.43 Å². The van der Waals surface area contributed by atoms with Gasteiger partial charge in [0.05, 0.1) is 6.54 Å². The molecular weight excluding hydrogens is 292 g/mol. The van der Waals surface area contributed by atoms with Crippen molar-refractivity contribution in [1.29, 1.82) is 0 Å². The second-order valence-corrected chi connectivity index (χ2v) is 4.95. The summed E-state index contributed by atoms with van der Waals surface area (Å²) in [6.07, 6.45) is 2.88. The fraction of sp³-hybridized carbons (Fsp3) is 0.200. The number of nitrogens with zero attached hydrogens (tertiary/aromatic N) is 7. The molecule has 4 N–H and O–H groups in total. The number of aromatic nitrogens is 7. The molecule has 21 heavy (non-hydrogen) atoms. The molecule has 3 aromatic heterocycles. The van der Waals surface area contributed by atoms with Crippen molar-refractivity contribution in [1.82, 2.24) is 34.7 Å². The van der Waals surface area contributed by atoms with E-state index in [-0.39, 0.29) is 5.95 Å². The maximum Gasteiger partial charge on any atom is 0.258 e. The lowest BCUT2D eigenvalue weighted by Gasteiger charge is -2.07. The van der Waals surface area contributed by atoms with Gasteiger partial charge in [0.1, 0.15) is 17.7 Å². The first-order chi connectivity index (χ1) is 10.2. The highest BCUT2D eigenvalue weighted by Crippen LogP contribution is 2.12. The molecule has 3 rings (SSSR count). The molecule has 0 aliphatic carbocycles. The van der Waals surface area contributed by atoms with Crippen molar-refractivity contribution in [2.75, 3.05) is 10.7 Å². The summed E-state index contributed by atoms with van der Waals surface area (Å²) < 4.78 is 1.42. The van der Waals surface area contributed by atoms with Crippen LogP contribution < -0.4 is 16.6 Å². The van der Waals surface area contributed by atoms with Crippen molar-refractivity contribution in [3.8, 4) is 5.95 Å². The summed E-state index contributed by atoms with van der Waals surface area (Å²) in [5.74, 6) is 6.28. The summed E-state index contributed by atoms with van der Waals surface area (Å²) >= 11 is 1.57. The van der Waals surface area contributed by atoms with Crippen LogP contribution in [0.15, 0.2) is 18.0 Å². The molecule has 0 atom stereocenters. The molecule has 0 unspecified atom stereocenters. The number of anilines is 2. The van der Waals surface area contributed by atoms with Crippen LogP contribution in [0.2, 0.25) is 0 Å². The minimum absolute atomic E-state index is 0.230. The minimum atomic E-state index is 0.230. The van der Waals surface area contributed by atoms with Gasteiger partial charge in [0, 0.05) is 11.1 Å². The van der Waals surface area contributed by atoms with Crippen LogP contribution in [0.3, 0.4) is 0 Å². The van der Waals surface area contributed by atoms with Gasteiger partial charge in [0.15, 0.2) is 0 Å². The zero-order valence-corrected chi connectivity index (χ0v) is 11.9. The van der Waals surface area contributed by atoms with Gasteiger partial charge >= 0.3 is 0 Å².